The molecule has 0 saturated heterocycles. The summed E-state index contributed by atoms with van der Waals surface area (Å²) in [6, 6.07) is 10.2. The molecule has 0 spiro atoms. The fourth-order valence-electron chi connectivity index (χ4n) is 3.21. The highest BCUT2D eigenvalue weighted by molar-refractivity contribution is 6.12. The molecule has 0 aliphatic rings. The average molecular weight is 458 g/mol. The number of nitrogens with one attached hydrogen (secondary N) is 1. The summed E-state index contributed by atoms with van der Waals surface area (Å²) in [5, 5.41) is 13.3. The standard InChI is InChI=1S/C21H19FN2O6.C3H8/c1-12(25)8-16(19(27)10-22)23-20(28)11-30-21(29)24-17-5-3-2-4-14(17)15-9-13(26)6-7-18(15)24;1-3-2/h2-7,9,16,26H,8,10-11H2,1H3,(H,23,28);3H2,1-2H3. The van der Waals surface area contributed by atoms with E-state index in [1.165, 1.54) is 30.0 Å². The number of nitrogens with zero attached hydrogens (tertiary/aromatic N) is 1. The van der Waals surface area contributed by atoms with Gasteiger partial charge in [0.2, 0.25) is 0 Å². The molecule has 1 aromatic heterocycles. The SMILES string of the molecule is CC(=O)CC(NC(=O)COC(=O)n1c2ccccc2c2cc(O)ccc21)C(=O)CF.CCC. The normalized spacial score (nSPS) is 11.4. The van der Waals surface area contributed by atoms with Gasteiger partial charge in [-0.3, -0.25) is 14.4 Å². The predicted molar refractivity (Wildman–Crippen MR) is 122 cm³/mol. The molecule has 176 valence electrons. The van der Waals surface area contributed by atoms with Gasteiger partial charge in [0.1, 0.15) is 18.2 Å². The van der Waals surface area contributed by atoms with Crippen molar-refractivity contribution < 1.29 is 33.4 Å². The van der Waals surface area contributed by atoms with Crippen LogP contribution in [-0.4, -0.2) is 52.6 Å². The number of carbonyl (C=O) groups excluding carboxylic acids is 4. The second kappa shape index (κ2) is 11.8. The smallest absolute Gasteiger partial charge is 0.419 e. The molecule has 0 saturated carbocycles. The first-order valence-corrected chi connectivity index (χ1v) is 10.5. The Bertz CT molecular complexity index is 1170. The zero-order valence-corrected chi connectivity index (χ0v) is 18.8. The molecule has 1 atom stereocenters. The van der Waals surface area contributed by atoms with E-state index in [9.17, 15) is 28.7 Å². The van der Waals surface area contributed by atoms with Crippen LogP contribution < -0.4 is 5.32 Å². The fraction of sp³-hybridized carbons (Fsp3) is 0.333. The number of halogens is 1. The largest absolute Gasteiger partial charge is 0.508 e. The number of benzene rings is 2. The summed E-state index contributed by atoms with van der Waals surface area (Å²) < 4.78 is 19.0. The highest BCUT2D eigenvalue weighted by Gasteiger charge is 2.23. The maximum absolute atomic E-state index is 12.7. The number of rotatable bonds is 7. The summed E-state index contributed by atoms with van der Waals surface area (Å²) in [6.07, 6.45) is 0.0562. The molecule has 8 nitrogen and oxygen atoms in total. The molecule has 33 heavy (non-hydrogen) atoms. The molecule has 0 bridgehead atoms. The first-order chi connectivity index (χ1) is 15.7. The fourth-order valence-corrected chi connectivity index (χ4v) is 3.21. The number of phenolic OH excluding ortho intramolecular Hbond substituents is 1. The third kappa shape index (κ3) is 6.38. The van der Waals surface area contributed by atoms with Gasteiger partial charge in [-0.15, -0.1) is 0 Å². The highest BCUT2D eigenvalue weighted by Crippen LogP contribution is 2.31. The molecule has 3 rings (SSSR count). The Balaban J connectivity index is 0.00000122. The number of para-hydroxylation sites is 1. The van der Waals surface area contributed by atoms with Gasteiger partial charge in [0.05, 0.1) is 17.1 Å². The Kier molecular flexibility index (Phi) is 9.08. The highest BCUT2D eigenvalue weighted by atomic mass is 19.1. The van der Waals surface area contributed by atoms with E-state index in [2.05, 4.69) is 19.2 Å². The maximum atomic E-state index is 12.7. The van der Waals surface area contributed by atoms with Crippen LogP contribution in [0.25, 0.3) is 21.8 Å². The first kappa shape index (κ1) is 25.5. The second-order valence-electron chi connectivity index (χ2n) is 7.44. The van der Waals surface area contributed by atoms with Crippen molar-refractivity contribution in [3.8, 4) is 5.75 Å². The molecule has 1 amide bonds. The van der Waals surface area contributed by atoms with Crippen LogP contribution >= 0.6 is 0 Å². The Morgan fingerprint density at radius 2 is 1.70 bits per heavy atom. The number of aromatic nitrogens is 1. The van der Waals surface area contributed by atoms with Gasteiger partial charge < -0.3 is 15.2 Å². The van der Waals surface area contributed by atoms with Gasteiger partial charge in [-0.1, -0.05) is 38.5 Å². The molecule has 2 aromatic carbocycles. The summed E-state index contributed by atoms with van der Waals surface area (Å²) in [7, 11) is 0. The number of ether oxygens (including phenoxy) is 1. The van der Waals surface area contributed by atoms with Gasteiger partial charge in [0.25, 0.3) is 5.91 Å². The van der Waals surface area contributed by atoms with Crippen LogP contribution in [-0.2, 0) is 19.1 Å². The maximum Gasteiger partial charge on any atom is 0.419 e. The van der Waals surface area contributed by atoms with Gasteiger partial charge in [0.15, 0.2) is 12.4 Å². The van der Waals surface area contributed by atoms with E-state index in [-0.39, 0.29) is 12.2 Å². The van der Waals surface area contributed by atoms with Crippen molar-refractivity contribution in [2.45, 2.75) is 39.7 Å². The lowest BCUT2D eigenvalue weighted by molar-refractivity contribution is -0.131. The predicted octanol–water partition coefficient (Wildman–Crippen LogP) is 3.90. The number of alkyl halides is 1. The van der Waals surface area contributed by atoms with E-state index in [0.29, 0.717) is 21.8 Å². The molecular formula is C24H27FN2O6. The molecule has 0 aliphatic heterocycles. The van der Waals surface area contributed by atoms with Crippen molar-refractivity contribution in [3.05, 3.63) is 42.5 Å². The van der Waals surface area contributed by atoms with Crippen LogP contribution in [0.1, 0.15) is 33.6 Å². The molecule has 1 heterocycles. The zero-order chi connectivity index (χ0) is 24.5. The summed E-state index contributed by atoms with van der Waals surface area (Å²) in [5.74, 6) is -2.14. The summed E-state index contributed by atoms with van der Waals surface area (Å²) in [6.45, 7) is 3.41. The zero-order valence-electron chi connectivity index (χ0n) is 18.8. The second-order valence-corrected chi connectivity index (χ2v) is 7.44. The van der Waals surface area contributed by atoms with Crippen LogP contribution in [0.15, 0.2) is 42.5 Å². The minimum atomic E-state index is -1.33. The van der Waals surface area contributed by atoms with E-state index < -0.39 is 42.9 Å². The summed E-state index contributed by atoms with van der Waals surface area (Å²) >= 11 is 0. The number of hydrogen-bond acceptors (Lipinski definition) is 6. The average Bonchev–Trinajstić information content (AvgIpc) is 3.10. The molecule has 2 N–H and O–H groups in total. The lowest BCUT2D eigenvalue weighted by atomic mass is 10.1. The number of amides is 1. The molecule has 9 heteroatoms. The molecule has 0 radical (unpaired) electrons. The van der Waals surface area contributed by atoms with E-state index in [0.717, 1.165) is 0 Å². The number of fused-ring (bicyclic) bond motifs is 3. The van der Waals surface area contributed by atoms with Gasteiger partial charge in [-0.25, -0.2) is 13.8 Å². The topological polar surface area (TPSA) is 115 Å². The molecule has 1 unspecified atom stereocenters. The van der Waals surface area contributed by atoms with Crippen molar-refractivity contribution in [2.75, 3.05) is 13.3 Å². The Morgan fingerprint density at radius 1 is 1.06 bits per heavy atom. The van der Waals surface area contributed by atoms with Gasteiger partial charge in [-0.2, -0.15) is 0 Å². The minimum absolute atomic E-state index is 0.0344. The van der Waals surface area contributed by atoms with Crippen molar-refractivity contribution in [3.63, 3.8) is 0 Å². The van der Waals surface area contributed by atoms with Gasteiger partial charge >= 0.3 is 6.09 Å². The molecule has 0 fully saturated rings. The van der Waals surface area contributed by atoms with Crippen LogP contribution in [0, 0.1) is 0 Å². The number of hydrogen-bond donors (Lipinski definition) is 2. The first-order valence-electron chi connectivity index (χ1n) is 10.5. The monoisotopic (exact) mass is 458 g/mol. The molecule has 0 aliphatic carbocycles. The van der Waals surface area contributed by atoms with Crippen molar-refractivity contribution in [1.82, 2.24) is 9.88 Å². The van der Waals surface area contributed by atoms with Crippen LogP contribution in [0.2, 0.25) is 0 Å². The number of Topliss-reactive ketones (excluding diaryl/α,β-unsaturated/α-hetero) is 2. The Hall–Kier alpha value is -3.75. The van der Waals surface area contributed by atoms with Crippen LogP contribution in [0.5, 0.6) is 5.75 Å². The number of aromatic hydroxyl groups is 1. The van der Waals surface area contributed by atoms with Gasteiger partial charge in [-0.05, 0) is 31.2 Å². The number of phenols is 1. The van der Waals surface area contributed by atoms with Gasteiger partial charge in [0, 0.05) is 17.2 Å². The van der Waals surface area contributed by atoms with Crippen LogP contribution in [0.4, 0.5) is 9.18 Å². The van der Waals surface area contributed by atoms with E-state index in [1.807, 2.05) is 0 Å². The van der Waals surface area contributed by atoms with Crippen LogP contribution in [0.3, 0.4) is 0 Å². The van der Waals surface area contributed by atoms with E-state index in [4.69, 9.17) is 4.74 Å². The lowest BCUT2D eigenvalue weighted by Gasteiger charge is -2.15. The van der Waals surface area contributed by atoms with Crippen molar-refractivity contribution in [2.24, 2.45) is 0 Å². The molecule has 3 aromatic rings. The molecular weight excluding hydrogens is 431 g/mol. The third-order valence-electron chi connectivity index (χ3n) is 4.51. The Morgan fingerprint density at radius 3 is 2.33 bits per heavy atom. The van der Waals surface area contributed by atoms with E-state index in [1.54, 1.807) is 30.3 Å². The lowest BCUT2D eigenvalue weighted by Crippen LogP contribution is -2.44. The third-order valence-corrected chi connectivity index (χ3v) is 4.51. The van der Waals surface area contributed by atoms with E-state index >= 15 is 0 Å². The summed E-state index contributed by atoms with van der Waals surface area (Å²) in [5.41, 5.74) is 0.993. The van der Waals surface area contributed by atoms with Crippen molar-refractivity contribution in [1.29, 1.82) is 0 Å². The Labute approximate surface area is 190 Å². The minimum Gasteiger partial charge on any atom is -0.508 e. The quantitative estimate of drug-likeness (QED) is 0.555. The number of ketones is 2. The number of carbonyl (C=O) groups is 4. The van der Waals surface area contributed by atoms with Crippen molar-refractivity contribution >= 4 is 45.4 Å². The summed E-state index contributed by atoms with van der Waals surface area (Å²) in [4.78, 5) is 47.6.